The monoisotopic (exact) mass is 305 g/mol. The Morgan fingerprint density at radius 3 is 2.86 bits per heavy atom. The van der Waals surface area contributed by atoms with E-state index in [0.29, 0.717) is 25.4 Å². The number of amides is 1. The highest BCUT2D eigenvalue weighted by molar-refractivity contribution is 5.76. The van der Waals surface area contributed by atoms with Crippen LogP contribution in [0.3, 0.4) is 0 Å². The number of ether oxygens (including phenoxy) is 2. The molecule has 0 atom stereocenters. The number of aromatic nitrogens is 1. The van der Waals surface area contributed by atoms with Gasteiger partial charge < -0.3 is 19.6 Å². The molecule has 1 amide bonds. The normalized spacial score (nSPS) is 19.3. The van der Waals surface area contributed by atoms with Gasteiger partial charge in [-0.1, -0.05) is 11.2 Å². The molecule has 7 nitrogen and oxygen atoms in total. The quantitative estimate of drug-likeness (QED) is 0.486. The SMILES string of the molecule is CC(C)(C)OC(=O)N1CC2(C1)OCc1nc(/C=N/O)ccc12. The summed E-state index contributed by atoms with van der Waals surface area (Å²) in [6, 6.07) is 3.68. The fourth-order valence-electron chi connectivity index (χ4n) is 2.75. The number of nitrogens with zero attached hydrogens (tertiary/aromatic N) is 3. The number of likely N-dealkylation sites (tertiary alicyclic amines) is 1. The molecule has 2 aliphatic rings. The van der Waals surface area contributed by atoms with Crippen molar-refractivity contribution < 1.29 is 19.5 Å². The molecule has 0 saturated carbocycles. The first-order chi connectivity index (χ1) is 10.3. The van der Waals surface area contributed by atoms with Crippen LogP contribution in [-0.4, -0.2) is 46.1 Å². The molecule has 0 aromatic carbocycles. The maximum atomic E-state index is 12.0. The standard InChI is InChI=1S/C15H19N3O4/c1-14(2,3)22-13(19)18-8-15(9-18)11-5-4-10(6-16-20)17-12(11)7-21-15/h4-6,20H,7-9H2,1-3H3/b16-6+. The summed E-state index contributed by atoms with van der Waals surface area (Å²) in [5.74, 6) is 0. The lowest BCUT2D eigenvalue weighted by atomic mass is 9.87. The zero-order valence-corrected chi connectivity index (χ0v) is 12.9. The summed E-state index contributed by atoms with van der Waals surface area (Å²) in [5.41, 5.74) is 1.40. The van der Waals surface area contributed by atoms with Gasteiger partial charge in [0.15, 0.2) is 0 Å². The molecule has 1 aromatic heterocycles. The van der Waals surface area contributed by atoms with Crippen molar-refractivity contribution in [3.63, 3.8) is 0 Å². The van der Waals surface area contributed by atoms with E-state index in [-0.39, 0.29) is 6.09 Å². The topological polar surface area (TPSA) is 84.2 Å². The Balaban J connectivity index is 1.72. The lowest BCUT2D eigenvalue weighted by molar-refractivity contribution is -0.137. The predicted octanol–water partition coefficient (Wildman–Crippen LogP) is 1.87. The Labute approximate surface area is 128 Å². The van der Waals surface area contributed by atoms with Gasteiger partial charge in [-0.25, -0.2) is 9.78 Å². The third-order valence-corrected chi connectivity index (χ3v) is 3.71. The van der Waals surface area contributed by atoms with Gasteiger partial charge in [-0.2, -0.15) is 0 Å². The third kappa shape index (κ3) is 2.52. The van der Waals surface area contributed by atoms with Crippen LogP contribution < -0.4 is 0 Å². The molecule has 1 aromatic rings. The first-order valence-corrected chi connectivity index (χ1v) is 7.13. The van der Waals surface area contributed by atoms with Crippen molar-refractivity contribution in [1.82, 2.24) is 9.88 Å². The van der Waals surface area contributed by atoms with Crippen LogP contribution in [0.1, 0.15) is 37.7 Å². The van der Waals surface area contributed by atoms with Crippen LogP contribution in [0.2, 0.25) is 0 Å². The Morgan fingerprint density at radius 1 is 1.50 bits per heavy atom. The van der Waals surface area contributed by atoms with E-state index in [0.717, 1.165) is 11.3 Å². The van der Waals surface area contributed by atoms with Crippen molar-refractivity contribution in [2.24, 2.45) is 5.16 Å². The summed E-state index contributed by atoms with van der Waals surface area (Å²) in [6.07, 6.45) is 0.950. The van der Waals surface area contributed by atoms with Crippen LogP contribution in [0.25, 0.3) is 0 Å². The minimum Gasteiger partial charge on any atom is -0.444 e. The van der Waals surface area contributed by atoms with Crippen molar-refractivity contribution in [3.05, 3.63) is 29.1 Å². The maximum Gasteiger partial charge on any atom is 0.410 e. The number of carbonyl (C=O) groups is 1. The highest BCUT2D eigenvalue weighted by Gasteiger charge is 2.53. The van der Waals surface area contributed by atoms with Gasteiger partial charge in [0.2, 0.25) is 0 Å². The van der Waals surface area contributed by atoms with E-state index in [1.54, 1.807) is 11.0 Å². The number of hydrogen-bond donors (Lipinski definition) is 1. The molecule has 1 saturated heterocycles. The Bertz CT molecular complexity index is 630. The predicted molar refractivity (Wildman–Crippen MR) is 77.9 cm³/mol. The second-order valence-electron chi connectivity index (χ2n) is 6.59. The van der Waals surface area contributed by atoms with Gasteiger partial charge in [0, 0.05) is 5.56 Å². The smallest absolute Gasteiger partial charge is 0.410 e. The van der Waals surface area contributed by atoms with E-state index in [1.807, 2.05) is 26.8 Å². The average molecular weight is 305 g/mol. The second-order valence-corrected chi connectivity index (χ2v) is 6.59. The van der Waals surface area contributed by atoms with Crippen molar-refractivity contribution in [1.29, 1.82) is 0 Å². The van der Waals surface area contributed by atoms with Crippen molar-refractivity contribution >= 4 is 12.3 Å². The molecule has 0 bridgehead atoms. The van der Waals surface area contributed by atoms with Crippen molar-refractivity contribution in [2.75, 3.05) is 13.1 Å². The maximum absolute atomic E-state index is 12.0. The molecular formula is C15H19N3O4. The first-order valence-electron chi connectivity index (χ1n) is 7.13. The molecule has 0 aliphatic carbocycles. The number of carbonyl (C=O) groups excluding carboxylic acids is 1. The third-order valence-electron chi connectivity index (χ3n) is 3.71. The molecule has 1 N–H and O–H groups in total. The number of fused-ring (bicyclic) bond motifs is 2. The molecule has 3 rings (SSSR count). The van der Waals surface area contributed by atoms with Crippen LogP contribution in [-0.2, 0) is 21.7 Å². The molecule has 0 radical (unpaired) electrons. The minimum absolute atomic E-state index is 0.327. The molecule has 7 heteroatoms. The van der Waals surface area contributed by atoms with Gasteiger partial charge in [0.1, 0.15) is 11.2 Å². The zero-order chi connectivity index (χ0) is 16.0. The Morgan fingerprint density at radius 2 is 2.23 bits per heavy atom. The number of rotatable bonds is 1. The largest absolute Gasteiger partial charge is 0.444 e. The molecule has 2 aliphatic heterocycles. The van der Waals surface area contributed by atoms with Crippen LogP contribution in [0.4, 0.5) is 4.79 Å². The van der Waals surface area contributed by atoms with Crippen molar-refractivity contribution in [3.8, 4) is 0 Å². The van der Waals surface area contributed by atoms with E-state index in [9.17, 15) is 4.79 Å². The van der Waals surface area contributed by atoms with Gasteiger partial charge in [0.25, 0.3) is 0 Å². The van der Waals surface area contributed by atoms with E-state index >= 15 is 0 Å². The molecule has 22 heavy (non-hydrogen) atoms. The summed E-state index contributed by atoms with van der Waals surface area (Å²) in [4.78, 5) is 18.0. The van der Waals surface area contributed by atoms with Crippen LogP contribution in [0.15, 0.2) is 17.3 Å². The Kier molecular flexibility index (Phi) is 3.32. The van der Waals surface area contributed by atoms with Crippen LogP contribution in [0, 0.1) is 0 Å². The molecule has 3 heterocycles. The molecule has 1 fully saturated rings. The van der Waals surface area contributed by atoms with Gasteiger partial charge in [-0.15, -0.1) is 0 Å². The van der Waals surface area contributed by atoms with Gasteiger partial charge in [-0.05, 0) is 26.8 Å². The lowest BCUT2D eigenvalue weighted by Crippen LogP contribution is -2.61. The van der Waals surface area contributed by atoms with E-state index in [2.05, 4.69) is 10.1 Å². The average Bonchev–Trinajstić information content (AvgIpc) is 2.74. The highest BCUT2D eigenvalue weighted by Crippen LogP contribution is 2.43. The summed E-state index contributed by atoms with van der Waals surface area (Å²) in [6.45, 7) is 6.85. The zero-order valence-electron chi connectivity index (χ0n) is 12.9. The molecule has 0 unspecified atom stereocenters. The van der Waals surface area contributed by atoms with Gasteiger partial charge in [-0.3, -0.25) is 0 Å². The summed E-state index contributed by atoms with van der Waals surface area (Å²) in [7, 11) is 0. The molecule has 1 spiro atoms. The lowest BCUT2D eigenvalue weighted by Gasteiger charge is -2.47. The highest BCUT2D eigenvalue weighted by atomic mass is 16.6. The molecule has 118 valence electrons. The van der Waals surface area contributed by atoms with Crippen molar-refractivity contribution in [2.45, 2.75) is 38.6 Å². The minimum atomic E-state index is -0.506. The van der Waals surface area contributed by atoms with Gasteiger partial charge in [0.05, 0.1) is 37.3 Å². The summed E-state index contributed by atoms with van der Waals surface area (Å²) >= 11 is 0. The number of oxime groups is 1. The van der Waals surface area contributed by atoms with Crippen LogP contribution >= 0.6 is 0 Å². The van der Waals surface area contributed by atoms with E-state index < -0.39 is 11.2 Å². The fourth-order valence-corrected chi connectivity index (χ4v) is 2.75. The van der Waals surface area contributed by atoms with Crippen LogP contribution in [0.5, 0.6) is 0 Å². The fraction of sp³-hybridized carbons (Fsp3) is 0.533. The van der Waals surface area contributed by atoms with E-state index in [4.69, 9.17) is 14.7 Å². The number of pyridine rings is 1. The second kappa shape index (κ2) is 4.95. The summed E-state index contributed by atoms with van der Waals surface area (Å²) < 4.78 is 11.2. The van der Waals surface area contributed by atoms with Gasteiger partial charge >= 0.3 is 6.09 Å². The number of hydrogen-bond acceptors (Lipinski definition) is 6. The first kappa shape index (κ1) is 14.8. The molecular weight excluding hydrogens is 286 g/mol. The van der Waals surface area contributed by atoms with E-state index in [1.165, 1.54) is 6.21 Å². The Hall–Kier alpha value is -2.15. The summed E-state index contributed by atoms with van der Waals surface area (Å²) in [5, 5.41) is 11.5.